The Labute approximate surface area is 181 Å². The second kappa shape index (κ2) is 6.73. The molecule has 0 bridgehead atoms. The van der Waals surface area contributed by atoms with Crippen molar-refractivity contribution in [2.45, 2.75) is 31.2 Å². The largest absolute Gasteiger partial charge is 0.271 e. The third-order valence-corrected chi connectivity index (χ3v) is 7.63. The van der Waals surface area contributed by atoms with E-state index in [0.29, 0.717) is 5.56 Å². The molecule has 2 aromatic carbocycles. The van der Waals surface area contributed by atoms with Gasteiger partial charge in [-0.05, 0) is 49.7 Å². The molecule has 1 aliphatic heterocycles. The fourth-order valence-electron chi connectivity index (χ4n) is 3.99. The van der Waals surface area contributed by atoms with Crippen molar-refractivity contribution in [3.05, 3.63) is 75.0 Å². The van der Waals surface area contributed by atoms with Crippen molar-refractivity contribution < 1.29 is 12.8 Å². The van der Waals surface area contributed by atoms with E-state index in [0.717, 1.165) is 9.96 Å². The van der Waals surface area contributed by atoms with Crippen molar-refractivity contribution in [3.8, 4) is 0 Å². The molecule has 10 heteroatoms. The van der Waals surface area contributed by atoms with E-state index >= 15 is 0 Å². The maximum absolute atomic E-state index is 14.3. The average molecular weight is 459 g/mol. The molecule has 1 atom stereocenters. The number of hydrogen-bond donors (Lipinski definition) is 0. The van der Waals surface area contributed by atoms with Gasteiger partial charge in [0.05, 0.1) is 10.4 Å². The van der Waals surface area contributed by atoms with Crippen LogP contribution in [-0.4, -0.2) is 28.8 Å². The molecule has 0 radical (unpaired) electrons. The minimum Gasteiger partial charge on any atom is -0.268 e. The standard InChI is InChI=1S/C21H16ClFN4O3S/c1-11-6-8-13(9-7-11)31(29,30)27-12(2)10-14-18-24-16-5-3-4-15(23)17(16)20(28)26(18)21(22)25-19(14)27/h3-9,12H,10H2,1-2H3. The first kappa shape index (κ1) is 19.9. The lowest BCUT2D eigenvalue weighted by Crippen LogP contribution is -2.36. The van der Waals surface area contributed by atoms with Crippen molar-refractivity contribution in [1.82, 2.24) is 14.4 Å². The van der Waals surface area contributed by atoms with Gasteiger partial charge in [-0.25, -0.2) is 31.5 Å². The Morgan fingerprint density at radius 3 is 2.55 bits per heavy atom. The highest BCUT2D eigenvalue weighted by Gasteiger charge is 2.39. The number of anilines is 1. The van der Waals surface area contributed by atoms with E-state index in [-0.39, 0.29) is 39.0 Å². The second-order valence-electron chi connectivity index (χ2n) is 7.56. The number of fused-ring (bicyclic) bond motifs is 4. The van der Waals surface area contributed by atoms with Gasteiger partial charge in [0.2, 0.25) is 5.28 Å². The molecule has 0 aliphatic carbocycles. The van der Waals surface area contributed by atoms with Crippen LogP contribution in [-0.2, 0) is 16.4 Å². The topological polar surface area (TPSA) is 84.6 Å². The number of halogens is 2. The number of aryl methyl sites for hydroxylation is 1. The third kappa shape index (κ3) is 2.84. The molecule has 31 heavy (non-hydrogen) atoms. The Morgan fingerprint density at radius 1 is 1.13 bits per heavy atom. The van der Waals surface area contributed by atoms with Crippen LogP contribution in [0.15, 0.2) is 52.2 Å². The zero-order chi connectivity index (χ0) is 22.1. The van der Waals surface area contributed by atoms with Gasteiger partial charge in [-0.3, -0.25) is 4.79 Å². The normalized spacial score (nSPS) is 16.3. The summed E-state index contributed by atoms with van der Waals surface area (Å²) in [6, 6.07) is 10.2. The van der Waals surface area contributed by atoms with E-state index < -0.39 is 27.4 Å². The first-order valence-corrected chi connectivity index (χ1v) is 11.3. The Balaban J connectivity index is 1.81. The molecule has 0 saturated heterocycles. The van der Waals surface area contributed by atoms with Crippen LogP contribution in [0.2, 0.25) is 5.28 Å². The number of nitrogens with zero attached hydrogens (tertiary/aromatic N) is 4. The molecule has 1 aliphatic rings. The molecular formula is C21H16ClFN4O3S. The first-order chi connectivity index (χ1) is 14.7. The van der Waals surface area contributed by atoms with Gasteiger partial charge in [0, 0.05) is 18.0 Å². The Morgan fingerprint density at radius 2 is 1.84 bits per heavy atom. The lowest BCUT2D eigenvalue weighted by Gasteiger charge is -2.23. The van der Waals surface area contributed by atoms with Crippen LogP contribution < -0.4 is 9.86 Å². The SMILES string of the molecule is Cc1ccc(S(=O)(=O)N2c3nc(Cl)n4c(=O)c5c(F)cccc5nc4c3CC2C)cc1. The molecule has 0 amide bonds. The summed E-state index contributed by atoms with van der Waals surface area (Å²) in [5, 5.41) is -0.478. The zero-order valence-corrected chi connectivity index (χ0v) is 18.1. The minimum absolute atomic E-state index is 0.126. The summed E-state index contributed by atoms with van der Waals surface area (Å²) in [5.41, 5.74) is 1.05. The molecule has 0 N–H and O–H groups in total. The van der Waals surface area contributed by atoms with Gasteiger partial charge in [0.15, 0.2) is 5.82 Å². The van der Waals surface area contributed by atoms with Crippen LogP contribution in [0.3, 0.4) is 0 Å². The van der Waals surface area contributed by atoms with E-state index in [1.54, 1.807) is 19.1 Å². The maximum Gasteiger partial charge on any atom is 0.271 e. The molecule has 1 unspecified atom stereocenters. The van der Waals surface area contributed by atoms with Crippen molar-refractivity contribution in [2.24, 2.45) is 0 Å². The fraction of sp³-hybridized carbons (Fsp3) is 0.190. The van der Waals surface area contributed by atoms with Crippen molar-refractivity contribution >= 4 is 44.0 Å². The molecule has 4 aromatic rings. The average Bonchev–Trinajstić information content (AvgIpc) is 3.04. The predicted molar refractivity (Wildman–Crippen MR) is 116 cm³/mol. The molecular weight excluding hydrogens is 443 g/mol. The molecule has 0 saturated carbocycles. The Hall–Kier alpha value is -3.04. The van der Waals surface area contributed by atoms with Gasteiger partial charge in [0.1, 0.15) is 16.9 Å². The highest BCUT2D eigenvalue weighted by molar-refractivity contribution is 7.92. The summed E-state index contributed by atoms with van der Waals surface area (Å²) >= 11 is 6.30. The number of aromatic nitrogens is 3. The highest BCUT2D eigenvalue weighted by atomic mass is 35.5. The van der Waals surface area contributed by atoms with Gasteiger partial charge < -0.3 is 0 Å². The number of rotatable bonds is 2. The van der Waals surface area contributed by atoms with Crippen LogP contribution in [0.4, 0.5) is 10.2 Å². The van der Waals surface area contributed by atoms with Gasteiger partial charge in [0.25, 0.3) is 15.6 Å². The fourth-order valence-corrected chi connectivity index (χ4v) is 5.87. The van der Waals surface area contributed by atoms with Crippen molar-refractivity contribution in [1.29, 1.82) is 0 Å². The summed E-state index contributed by atoms with van der Waals surface area (Å²) < 4.78 is 43.3. The molecule has 2 aromatic heterocycles. The Bertz CT molecular complexity index is 1550. The van der Waals surface area contributed by atoms with Crippen LogP contribution in [0, 0.1) is 12.7 Å². The summed E-state index contributed by atoms with van der Waals surface area (Å²) in [4.78, 5) is 21.8. The van der Waals surface area contributed by atoms with E-state index in [2.05, 4.69) is 9.97 Å². The van der Waals surface area contributed by atoms with Crippen molar-refractivity contribution in [2.75, 3.05) is 4.31 Å². The van der Waals surface area contributed by atoms with E-state index in [4.69, 9.17) is 11.6 Å². The number of hydrogen-bond acceptors (Lipinski definition) is 5. The molecule has 0 fully saturated rings. The summed E-state index contributed by atoms with van der Waals surface area (Å²) in [6.45, 7) is 3.62. The van der Waals surface area contributed by atoms with Gasteiger partial charge in [-0.15, -0.1) is 0 Å². The van der Waals surface area contributed by atoms with Gasteiger partial charge in [-0.2, -0.15) is 0 Å². The van der Waals surface area contributed by atoms with E-state index in [9.17, 15) is 17.6 Å². The van der Waals surface area contributed by atoms with E-state index in [1.807, 2.05) is 6.92 Å². The molecule has 0 spiro atoms. The van der Waals surface area contributed by atoms with Crippen LogP contribution in [0.5, 0.6) is 0 Å². The van der Waals surface area contributed by atoms with Crippen LogP contribution >= 0.6 is 11.6 Å². The third-order valence-electron chi connectivity index (χ3n) is 5.46. The lowest BCUT2D eigenvalue weighted by atomic mass is 10.1. The smallest absolute Gasteiger partial charge is 0.268 e. The van der Waals surface area contributed by atoms with Gasteiger partial charge >= 0.3 is 0 Å². The highest BCUT2D eigenvalue weighted by Crippen LogP contribution is 2.38. The zero-order valence-electron chi connectivity index (χ0n) is 16.5. The monoisotopic (exact) mass is 458 g/mol. The molecule has 7 nitrogen and oxygen atoms in total. The summed E-state index contributed by atoms with van der Waals surface area (Å²) in [6.07, 6.45) is 0.279. The van der Waals surface area contributed by atoms with Crippen molar-refractivity contribution in [3.63, 3.8) is 0 Å². The molecule has 158 valence electrons. The maximum atomic E-state index is 14.3. The first-order valence-electron chi connectivity index (χ1n) is 9.50. The van der Waals surface area contributed by atoms with E-state index in [1.165, 1.54) is 34.6 Å². The van der Waals surface area contributed by atoms with Crippen LogP contribution in [0.25, 0.3) is 16.6 Å². The molecule has 5 rings (SSSR count). The number of benzene rings is 2. The van der Waals surface area contributed by atoms with Gasteiger partial charge in [-0.1, -0.05) is 23.8 Å². The Kier molecular flexibility index (Phi) is 4.32. The number of sulfonamides is 1. The second-order valence-corrected chi connectivity index (χ2v) is 9.71. The summed E-state index contributed by atoms with van der Waals surface area (Å²) in [5.74, 6) is -0.585. The quantitative estimate of drug-likeness (QED) is 0.339. The minimum atomic E-state index is -3.93. The lowest BCUT2D eigenvalue weighted by molar-refractivity contribution is 0.583. The van der Waals surface area contributed by atoms with Crippen LogP contribution in [0.1, 0.15) is 18.1 Å². The summed E-state index contributed by atoms with van der Waals surface area (Å²) in [7, 11) is -3.93. The predicted octanol–water partition coefficient (Wildman–Crippen LogP) is 3.48. The molecule has 3 heterocycles.